The minimum atomic E-state index is -0.251. The molecule has 0 atom stereocenters. The molecule has 2 aromatic rings. The van der Waals surface area contributed by atoms with Crippen LogP contribution < -0.4 is 11.2 Å². The number of hydrogen-bond acceptors (Lipinski definition) is 2. The van der Waals surface area contributed by atoms with Crippen molar-refractivity contribution >= 4 is 22.6 Å². The van der Waals surface area contributed by atoms with Crippen LogP contribution in [0.3, 0.4) is 0 Å². The molecule has 0 aliphatic carbocycles. The molecule has 0 fully saturated rings. The maximum atomic E-state index is 12.3. The van der Waals surface area contributed by atoms with Crippen molar-refractivity contribution in [2.75, 3.05) is 0 Å². The fourth-order valence-corrected chi connectivity index (χ4v) is 2.75. The number of aryl methyl sites for hydroxylation is 3. The Kier molecular flexibility index (Phi) is 4.47. The molecule has 1 aromatic carbocycles. The standard InChI is InChI=1S/C15H17IN2O2/c1-4-17-9-13(16)14(19)18(15(17)20)8-12-7-10(2)5-6-11(12)3/h5-7,9H,4,8H2,1-3H3. The zero-order chi connectivity index (χ0) is 14.9. The summed E-state index contributed by atoms with van der Waals surface area (Å²) in [6, 6.07) is 6.07. The number of hydrogen-bond donors (Lipinski definition) is 0. The van der Waals surface area contributed by atoms with Crippen molar-refractivity contribution in [2.24, 2.45) is 0 Å². The van der Waals surface area contributed by atoms with Gasteiger partial charge in [0.25, 0.3) is 5.56 Å². The van der Waals surface area contributed by atoms with Gasteiger partial charge in [0, 0.05) is 12.7 Å². The van der Waals surface area contributed by atoms with E-state index in [1.54, 1.807) is 10.8 Å². The van der Waals surface area contributed by atoms with Crippen molar-refractivity contribution < 1.29 is 0 Å². The zero-order valence-electron chi connectivity index (χ0n) is 11.8. The highest BCUT2D eigenvalue weighted by Gasteiger charge is 2.10. The highest BCUT2D eigenvalue weighted by atomic mass is 127. The van der Waals surface area contributed by atoms with Gasteiger partial charge in [0.1, 0.15) is 0 Å². The van der Waals surface area contributed by atoms with E-state index >= 15 is 0 Å². The van der Waals surface area contributed by atoms with E-state index in [0.717, 1.165) is 16.7 Å². The summed E-state index contributed by atoms with van der Waals surface area (Å²) in [5.41, 5.74) is 2.75. The molecule has 2 rings (SSSR count). The van der Waals surface area contributed by atoms with Crippen molar-refractivity contribution in [1.82, 2.24) is 9.13 Å². The topological polar surface area (TPSA) is 44.0 Å². The van der Waals surface area contributed by atoms with Crippen molar-refractivity contribution in [3.8, 4) is 0 Å². The van der Waals surface area contributed by atoms with Gasteiger partial charge in [-0.05, 0) is 54.5 Å². The molecule has 20 heavy (non-hydrogen) atoms. The molecule has 0 N–H and O–H groups in total. The molecular formula is C15H17IN2O2. The smallest absolute Gasteiger partial charge is 0.300 e. The summed E-state index contributed by atoms with van der Waals surface area (Å²) in [7, 11) is 0. The van der Waals surface area contributed by atoms with Gasteiger partial charge in [0.2, 0.25) is 0 Å². The number of aromatic nitrogens is 2. The van der Waals surface area contributed by atoms with Gasteiger partial charge < -0.3 is 0 Å². The Bertz CT molecular complexity index is 759. The van der Waals surface area contributed by atoms with Crippen LogP contribution in [0.2, 0.25) is 0 Å². The largest absolute Gasteiger partial charge is 0.331 e. The Morgan fingerprint density at radius 3 is 2.55 bits per heavy atom. The van der Waals surface area contributed by atoms with Crippen LogP contribution in [0.1, 0.15) is 23.6 Å². The zero-order valence-corrected chi connectivity index (χ0v) is 14.0. The van der Waals surface area contributed by atoms with E-state index in [0.29, 0.717) is 16.7 Å². The molecule has 4 nitrogen and oxygen atoms in total. The van der Waals surface area contributed by atoms with Crippen molar-refractivity contribution in [2.45, 2.75) is 33.9 Å². The van der Waals surface area contributed by atoms with Gasteiger partial charge in [-0.1, -0.05) is 23.8 Å². The van der Waals surface area contributed by atoms with Crippen molar-refractivity contribution in [1.29, 1.82) is 0 Å². The first-order valence-corrected chi connectivity index (χ1v) is 7.57. The van der Waals surface area contributed by atoms with Gasteiger partial charge in [-0.3, -0.25) is 13.9 Å². The van der Waals surface area contributed by atoms with Crippen LogP contribution in [-0.4, -0.2) is 9.13 Å². The van der Waals surface area contributed by atoms with Crippen LogP contribution in [0.5, 0.6) is 0 Å². The summed E-state index contributed by atoms with van der Waals surface area (Å²) in [5, 5.41) is 0. The number of nitrogens with zero attached hydrogens (tertiary/aromatic N) is 2. The third-order valence-electron chi connectivity index (χ3n) is 3.37. The lowest BCUT2D eigenvalue weighted by Crippen LogP contribution is -2.41. The summed E-state index contributed by atoms with van der Waals surface area (Å²) in [4.78, 5) is 24.5. The molecule has 0 amide bonds. The van der Waals surface area contributed by atoms with Crippen molar-refractivity contribution in [3.63, 3.8) is 0 Å². The molecule has 0 aliphatic heterocycles. The first-order chi connectivity index (χ1) is 9.43. The van der Waals surface area contributed by atoms with E-state index in [4.69, 9.17) is 0 Å². The first kappa shape index (κ1) is 15.0. The molecule has 1 aromatic heterocycles. The predicted molar refractivity (Wildman–Crippen MR) is 88.4 cm³/mol. The lowest BCUT2D eigenvalue weighted by molar-refractivity contribution is 0.594. The Morgan fingerprint density at radius 1 is 1.20 bits per heavy atom. The van der Waals surface area contributed by atoms with Gasteiger partial charge in [-0.15, -0.1) is 0 Å². The molecular weight excluding hydrogens is 367 g/mol. The van der Waals surface area contributed by atoms with E-state index in [1.165, 1.54) is 4.57 Å². The molecule has 106 valence electrons. The quantitative estimate of drug-likeness (QED) is 0.763. The predicted octanol–water partition coefficient (Wildman–Crippen LogP) is 2.30. The summed E-state index contributed by atoms with van der Waals surface area (Å²) in [6.45, 7) is 6.77. The molecule has 0 aliphatic rings. The van der Waals surface area contributed by atoms with Crippen LogP contribution in [0, 0.1) is 17.4 Å². The third-order valence-corrected chi connectivity index (χ3v) is 4.11. The normalized spacial score (nSPS) is 10.8. The van der Waals surface area contributed by atoms with E-state index in [2.05, 4.69) is 0 Å². The molecule has 0 radical (unpaired) electrons. The number of rotatable bonds is 3. The van der Waals surface area contributed by atoms with E-state index in [-0.39, 0.29) is 11.2 Å². The molecule has 0 saturated carbocycles. The summed E-state index contributed by atoms with van der Waals surface area (Å²) in [5.74, 6) is 0. The monoisotopic (exact) mass is 384 g/mol. The second-order valence-electron chi connectivity index (χ2n) is 4.87. The molecule has 0 spiro atoms. The van der Waals surface area contributed by atoms with Crippen LogP contribution in [0.25, 0.3) is 0 Å². The van der Waals surface area contributed by atoms with Gasteiger partial charge in [-0.2, -0.15) is 0 Å². The Hall–Kier alpha value is -1.37. The summed E-state index contributed by atoms with van der Waals surface area (Å²) >= 11 is 1.98. The highest BCUT2D eigenvalue weighted by Crippen LogP contribution is 2.11. The van der Waals surface area contributed by atoms with Crippen molar-refractivity contribution in [3.05, 3.63) is 65.5 Å². The molecule has 0 unspecified atom stereocenters. The number of halogens is 1. The first-order valence-electron chi connectivity index (χ1n) is 6.50. The summed E-state index contributed by atoms with van der Waals surface area (Å²) < 4.78 is 3.44. The minimum absolute atomic E-state index is 0.221. The number of benzene rings is 1. The fourth-order valence-electron chi connectivity index (χ4n) is 2.13. The Morgan fingerprint density at radius 2 is 1.90 bits per heavy atom. The van der Waals surface area contributed by atoms with Gasteiger partial charge in [-0.25, -0.2) is 4.79 Å². The van der Waals surface area contributed by atoms with Gasteiger partial charge >= 0.3 is 5.69 Å². The summed E-state index contributed by atoms with van der Waals surface area (Å²) in [6.07, 6.45) is 1.62. The maximum Gasteiger partial charge on any atom is 0.331 e. The SMILES string of the molecule is CCn1cc(I)c(=O)n(Cc2cc(C)ccc2C)c1=O. The lowest BCUT2D eigenvalue weighted by atomic mass is 10.1. The van der Waals surface area contributed by atoms with Crippen LogP contribution in [-0.2, 0) is 13.1 Å². The average Bonchev–Trinajstić information content (AvgIpc) is 2.42. The second-order valence-corrected chi connectivity index (χ2v) is 6.03. The Balaban J connectivity index is 2.59. The molecule has 0 saturated heterocycles. The minimum Gasteiger partial charge on any atom is -0.300 e. The average molecular weight is 384 g/mol. The lowest BCUT2D eigenvalue weighted by Gasteiger charge is -2.12. The molecule has 1 heterocycles. The third kappa shape index (κ3) is 2.87. The second kappa shape index (κ2) is 5.95. The molecule has 0 bridgehead atoms. The van der Waals surface area contributed by atoms with Gasteiger partial charge in [0.05, 0.1) is 10.1 Å². The van der Waals surface area contributed by atoms with Crippen LogP contribution in [0.15, 0.2) is 34.0 Å². The van der Waals surface area contributed by atoms with E-state index in [1.807, 2.05) is 61.6 Å². The van der Waals surface area contributed by atoms with Crippen LogP contribution >= 0.6 is 22.6 Å². The Labute approximate surface area is 131 Å². The van der Waals surface area contributed by atoms with Gasteiger partial charge in [0.15, 0.2) is 0 Å². The van der Waals surface area contributed by atoms with Crippen LogP contribution in [0.4, 0.5) is 0 Å². The van der Waals surface area contributed by atoms with E-state index < -0.39 is 0 Å². The fraction of sp³-hybridized carbons (Fsp3) is 0.333. The van der Waals surface area contributed by atoms with E-state index in [9.17, 15) is 9.59 Å². The maximum absolute atomic E-state index is 12.3. The highest BCUT2D eigenvalue weighted by molar-refractivity contribution is 14.1. The molecule has 5 heteroatoms.